The molecule has 1 aromatic carbocycles. The van der Waals surface area contributed by atoms with Crippen LogP contribution in [0.1, 0.15) is 36.5 Å². The van der Waals surface area contributed by atoms with Crippen LogP contribution in [0.15, 0.2) is 40.2 Å². The summed E-state index contributed by atoms with van der Waals surface area (Å²) in [6, 6.07) is 5.86. The van der Waals surface area contributed by atoms with Gasteiger partial charge in [-0.3, -0.25) is 13.9 Å². The predicted octanol–water partition coefficient (Wildman–Crippen LogP) is 1.56. The molecular formula is C20H24N4O5. The van der Waals surface area contributed by atoms with E-state index in [-0.39, 0.29) is 24.0 Å². The normalized spacial score (nSPS) is 12.2. The van der Waals surface area contributed by atoms with Crippen LogP contribution in [0.5, 0.6) is 5.75 Å². The second-order valence-electron chi connectivity index (χ2n) is 7.08. The van der Waals surface area contributed by atoms with Gasteiger partial charge in [-0.1, -0.05) is 0 Å². The summed E-state index contributed by atoms with van der Waals surface area (Å²) >= 11 is 0. The Labute approximate surface area is 166 Å². The molecule has 0 saturated carbocycles. The third-order valence-electron chi connectivity index (χ3n) is 4.85. The molecule has 29 heavy (non-hydrogen) atoms. The Balaban J connectivity index is 1.57. The lowest BCUT2D eigenvalue weighted by Crippen LogP contribution is -2.39. The van der Waals surface area contributed by atoms with Crippen molar-refractivity contribution in [3.05, 3.63) is 57.0 Å². The molecule has 0 radical (unpaired) electrons. The Morgan fingerprint density at radius 1 is 1.17 bits per heavy atom. The van der Waals surface area contributed by atoms with Gasteiger partial charge < -0.3 is 14.4 Å². The number of benzene rings is 1. The van der Waals surface area contributed by atoms with Crippen LogP contribution in [-0.2, 0) is 25.4 Å². The first-order valence-corrected chi connectivity index (χ1v) is 9.40. The maximum Gasteiger partial charge on any atom is 0.338 e. The molecule has 0 fully saturated rings. The summed E-state index contributed by atoms with van der Waals surface area (Å²) in [4.78, 5) is 41.3. The fourth-order valence-corrected chi connectivity index (χ4v) is 3.20. The quantitative estimate of drug-likeness (QED) is 0.476. The second-order valence-corrected chi connectivity index (χ2v) is 7.08. The van der Waals surface area contributed by atoms with E-state index >= 15 is 0 Å². The highest BCUT2D eigenvalue weighted by atomic mass is 16.5. The van der Waals surface area contributed by atoms with Crippen LogP contribution in [0.2, 0.25) is 0 Å². The van der Waals surface area contributed by atoms with Crippen molar-refractivity contribution in [1.82, 2.24) is 18.7 Å². The number of aromatic nitrogens is 4. The van der Waals surface area contributed by atoms with Crippen molar-refractivity contribution in [2.45, 2.75) is 38.8 Å². The number of imidazole rings is 1. The molecule has 3 aromatic rings. The van der Waals surface area contributed by atoms with Crippen LogP contribution in [-0.4, -0.2) is 35.9 Å². The van der Waals surface area contributed by atoms with Gasteiger partial charge in [-0.05, 0) is 50.5 Å². The first-order valence-electron chi connectivity index (χ1n) is 9.40. The van der Waals surface area contributed by atoms with E-state index in [9.17, 15) is 19.5 Å². The van der Waals surface area contributed by atoms with Crippen molar-refractivity contribution in [2.75, 3.05) is 0 Å². The van der Waals surface area contributed by atoms with E-state index in [0.717, 1.165) is 0 Å². The number of rotatable bonds is 7. The van der Waals surface area contributed by atoms with Crippen LogP contribution in [0.4, 0.5) is 0 Å². The first kappa shape index (κ1) is 20.4. The van der Waals surface area contributed by atoms with Crippen LogP contribution >= 0.6 is 0 Å². The summed E-state index contributed by atoms with van der Waals surface area (Å²) in [5.74, 6) is -0.371. The number of hydrogen-bond donors (Lipinski definition) is 1. The minimum absolute atomic E-state index is 0.0836. The molecule has 0 spiro atoms. The van der Waals surface area contributed by atoms with E-state index < -0.39 is 11.7 Å². The summed E-state index contributed by atoms with van der Waals surface area (Å²) in [6.45, 7) is 2.08. The fourth-order valence-electron chi connectivity index (χ4n) is 3.20. The molecule has 154 valence electrons. The Kier molecular flexibility index (Phi) is 5.86. The van der Waals surface area contributed by atoms with Crippen LogP contribution in [0, 0.1) is 0 Å². The Morgan fingerprint density at radius 2 is 1.86 bits per heavy atom. The maximum absolute atomic E-state index is 12.6. The largest absolute Gasteiger partial charge is 0.508 e. The third-order valence-corrected chi connectivity index (χ3v) is 4.85. The van der Waals surface area contributed by atoms with Crippen molar-refractivity contribution in [3.63, 3.8) is 0 Å². The van der Waals surface area contributed by atoms with Gasteiger partial charge in [0, 0.05) is 20.6 Å². The third kappa shape index (κ3) is 4.23. The van der Waals surface area contributed by atoms with Gasteiger partial charge in [0.15, 0.2) is 11.2 Å². The standard InChI is InChI=1S/C20H24N4O5/c1-13(29-19(27)14-7-9-15(25)10-8-14)6-4-5-11-24-18(26)16-17(21-12-22(16)2)23(3)20(24)28/h7-10,12-13,25H,4-6,11H2,1-3H3/t13-/m1/s1. The van der Waals surface area contributed by atoms with Gasteiger partial charge in [0.05, 0.1) is 18.0 Å². The fraction of sp³-hybridized carbons (Fsp3) is 0.400. The van der Waals surface area contributed by atoms with E-state index in [2.05, 4.69) is 4.98 Å². The van der Waals surface area contributed by atoms with Gasteiger partial charge in [0.2, 0.25) is 0 Å². The number of carbonyl (C=O) groups is 1. The number of esters is 1. The monoisotopic (exact) mass is 400 g/mol. The number of carbonyl (C=O) groups excluding carboxylic acids is 1. The van der Waals surface area contributed by atoms with Gasteiger partial charge in [0.25, 0.3) is 5.56 Å². The van der Waals surface area contributed by atoms with E-state index in [1.807, 2.05) is 0 Å². The van der Waals surface area contributed by atoms with Gasteiger partial charge in [0.1, 0.15) is 5.75 Å². The summed E-state index contributed by atoms with van der Waals surface area (Å²) in [6.07, 6.45) is 3.09. The second kappa shape index (κ2) is 8.34. The number of phenolic OH excluding ortho intramolecular Hbond substituents is 1. The van der Waals surface area contributed by atoms with Crippen molar-refractivity contribution >= 4 is 17.1 Å². The molecule has 0 aliphatic rings. The van der Waals surface area contributed by atoms with Crippen molar-refractivity contribution in [3.8, 4) is 5.75 Å². The van der Waals surface area contributed by atoms with E-state index in [4.69, 9.17) is 4.74 Å². The molecule has 0 amide bonds. The highest BCUT2D eigenvalue weighted by Gasteiger charge is 2.15. The number of phenols is 1. The molecule has 0 aliphatic heterocycles. The topological polar surface area (TPSA) is 108 Å². The molecular weight excluding hydrogens is 376 g/mol. The lowest BCUT2D eigenvalue weighted by atomic mass is 10.1. The molecule has 1 N–H and O–H groups in total. The first-order chi connectivity index (χ1) is 13.8. The van der Waals surface area contributed by atoms with Gasteiger partial charge >= 0.3 is 11.7 Å². The molecule has 0 saturated heterocycles. The highest BCUT2D eigenvalue weighted by Crippen LogP contribution is 2.13. The van der Waals surface area contributed by atoms with E-state index in [1.54, 1.807) is 25.6 Å². The summed E-state index contributed by atoms with van der Waals surface area (Å²) in [5.41, 5.74) is 0.383. The summed E-state index contributed by atoms with van der Waals surface area (Å²) in [7, 11) is 3.31. The predicted molar refractivity (Wildman–Crippen MR) is 107 cm³/mol. The van der Waals surface area contributed by atoms with Crippen LogP contribution in [0.25, 0.3) is 11.2 Å². The van der Waals surface area contributed by atoms with Crippen molar-refractivity contribution in [1.29, 1.82) is 0 Å². The van der Waals surface area contributed by atoms with E-state index in [0.29, 0.717) is 36.0 Å². The number of hydrogen-bond acceptors (Lipinski definition) is 6. The summed E-state index contributed by atoms with van der Waals surface area (Å²) < 4.78 is 9.59. The number of aryl methyl sites for hydroxylation is 2. The van der Waals surface area contributed by atoms with Crippen molar-refractivity contribution < 1.29 is 14.6 Å². The zero-order valence-corrected chi connectivity index (χ0v) is 16.7. The molecule has 0 aliphatic carbocycles. The van der Waals surface area contributed by atoms with Gasteiger partial charge in [-0.2, -0.15) is 0 Å². The number of aromatic hydroxyl groups is 1. The Hall–Kier alpha value is -3.36. The molecule has 0 unspecified atom stereocenters. The lowest BCUT2D eigenvalue weighted by Gasteiger charge is -2.13. The van der Waals surface area contributed by atoms with Gasteiger partial charge in [-0.25, -0.2) is 14.6 Å². The lowest BCUT2D eigenvalue weighted by molar-refractivity contribution is 0.0319. The SMILES string of the molecule is C[C@H](CCCCn1c(=O)c2c(ncn2C)n(C)c1=O)OC(=O)c1ccc(O)cc1. The number of nitrogens with zero attached hydrogens (tertiary/aromatic N) is 4. The van der Waals surface area contributed by atoms with Crippen LogP contribution in [0.3, 0.4) is 0 Å². The minimum Gasteiger partial charge on any atom is -0.508 e. The molecule has 9 heteroatoms. The Bertz CT molecular complexity index is 1140. The Morgan fingerprint density at radius 3 is 2.55 bits per heavy atom. The molecule has 2 heterocycles. The van der Waals surface area contributed by atoms with E-state index in [1.165, 1.54) is 39.7 Å². The molecule has 2 aromatic heterocycles. The summed E-state index contributed by atoms with van der Waals surface area (Å²) in [5, 5.41) is 9.27. The molecule has 9 nitrogen and oxygen atoms in total. The molecule has 1 atom stereocenters. The average Bonchev–Trinajstić information content (AvgIpc) is 3.08. The minimum atomic E-state index is -0.454. The van der Waals surface area contributed by atoms with Crippen LogP contribution < -0.4 is 11.2 Å². The van der Waals surface area contributed by atoms with Gasteiger partial charge in [-0.15, -0.1) is 0 Å². The zero-order chi connectivity index (χ0) is 21.1. The molecule has 0 bridgehead atoms. The highest BCUT2D eigenvalue weighted by molar-refractivity contribution is 5.89. The number of unbranched alkanes of at least 4 members (excludes halogenated alkanes) is 1. The number of ether oxygens (including phenoxy) is 1. The molecule has 3 rings (SSSR count). The zero-order valence-electron chi connectivity index (χ0n) is 16.7. The maximum atomic E-state index is 12.6. The average molecular weight is 400 g/mol. The van der Waals surface area contributed by atoms with Crippen molar-refractivity contribution in [2.24, 2.45) is 14.1 Å². The number of fused-ring (bicyclic) bond motifs is 1. The smallest absolute Gasteiger partial charge is 0.338 e.